The van der Waals surface area contributed by atoms with Crippen molar-refractivity contribution in [1.82, 2.24) is 4.90 Å². The molecule has 1 heterocycles. The predicted molar refractivity (Wildman–Crippen MR) is 40.9 cm³/mol. The Hall–Kier alpha value is -0.0400. The lowest BCUT2D eigenvalue weighted by Gasteiger charge is -2.01. The molecule has 0 spiro atoms. The summed E-state index contributed by atoms with van der Waals surface area (Å²) in [6.45, 7) is 6.33. The van der Waals surface area contributed by atoms with Gasteiger partial charge in [-0.05, 0) is 0 Å². The van der Waals surface area contributed by atoms with Crippen LogP contribution in [0.1, 0.15) is 32.6 Å². The number of hydrogen-bond acceptors (Lipinski definition) is 1. The predicted octanol–water partition coefficient (Wildman–Crippen LogP) is 1.72. The summed E-state index contributed by atoms with van der Waals surface area (Å²) < 4.78 is 0. The molecular formula is C8H17N+. The molecule has 0 unspecified atom stereocenters. The van der Waals surface area contributed by atoms with Crippen LogP contribution in [0.25, 0.3) is 0 Å². The molecule has 0 bridgehead atoms. The molecule has 1 heteroatoms. The zero-order valence-electron chi connectivity index (χ0n) is 6.40. The van der Waals surface area contributed by atoms with Crippen LogP contribution in [0.15, 0.2) is 0 Å². The summed E-state index contributed by atoms with van der Waals surface area (Å²) in [7, 11) is 0. The van der Waals surface area contributed by atoms with Crippen molar-refractivity contribution in [2.75, 3.05) is 19.6 Å². The topological polar surface area (TPSA) is 5.90 Å². The highest BCUT2D eigenvalue weighted by Crippen LogP contribution is 2.04. The summed E-state index contributed by atoms with van der Waals surface area (Å²) in [6, 6.07) is 0. The molecule has 53 valence electrons. The Morgan fingerprint density at radius 2 is 1.89 bits per heavy atom. The maximum Gasteiger partial charge on any atom is 0.123 e. The molecule has 1 aliphatic rings. The third-order valence-corrected chi connectivity index (χ3v) is 2.03. The van der Waals surface area contributed by atoms with E-state index in [-0.39, 0.29) is 0 Å². The maximum absolute atomic E-state index is 2.57. The quantitative estimate of drug-likeness (QED) is 0.509. The molecule has 1 saturated heterocycles. The lowest BCUT2D eigenvalue weighted by atomic mass is 10.3. The lowest BCUT2D eigenvalue weighted by molar-refractivity contribution is 0.471. The zero-order chi connectivity index (χ0) is 6.53. The highest BCUT2D eigenvalue weighted by molar-refractivity contribution is 4.70. The Morgan fingerprint density at radius 3 is 2.44 bits per heavy atom. The minimum absolute atomic E-state index is 1.34. The Labute approximate surface area is 58.0 Å². The first-order valence-corrected chi connectivity index (χ1v) is 4.16. The van der Waals surface area contributed by atoms with Crippen molar-refractivity contribution in [1.29, 1.82) is 0 Å². The third-order valence-electron chi connectivity index (χ3n) is 2.03. The Kier molecular flexibility index (Phi) is 3.05. The Balaban J connectivity index is 1.98. The fourth-order valence-electron chi connectivity index (χ4n) is 1.39. The van der Waals surface area contributed by atoms with Crippen LogP contribution in [-0.4, -0.2) is 19.6 Å². The molecule has 1 aliphatic heterocycles. The van der Waals surface area contributed by atoms with Gasteiger partial charge in [0.05, 0.1) is 0 Å². The van der Waals surface area contributed by atoms with Gasteiger partial charge in [-0.15, -0.1) is 0 Å². The van der Waals surface area contributed by atoms with E-state index in [9.17, 15) is 0 Å². The number of nitrogens with zero attached hydrogens (tertiary/aromatic N) is 1. The fourth-order valence-corrected chi connectivity index (χ4v) is 1.39. The van der Waals surface area contributed by atoms with Gasteiger partial charge in [0, 0.05) is 19.3 Å². The van der Waals surface area contributed by atoms with Gasteiger partial charge in [-0.1, -0.05) is 13.3 Å². The highest BCUT2D eigenvalue weighted by atomic mass is 15.1. The van der Waals surface area contributed by atoms with Gasteiger partial charge in [0.25, 0.3) is 0 Å². The first kappa shape index (κ1) is 7.07. The van der Waals surface area contributed by atoms with E-state index in [1.807, 2.05) is 0 Å². The monoisotopic (exact) mass is 127 g/mol. The average molecular weight is 127 g/mol. The molecular weight excluding hydrogens is 110 g/mol. The molecule has 0 aromatic rings. The summed E-state index contributed by atoms with van der Waals surface area (Å²) >= 11 is 0. The van der Waals surface area contributed by atoms with Crippen molar-refractivity contribution < 1.29 is 0 Å². The summed E-state index contributed by atoms with van der Waals surface area (Å²) in [5, 5.41) is 0. The second-order valence-corrected chi connectivity index (χ2v) is 2.90. The molecule has 0 aromatic heterocycles. The minimum Gasteiger partial charge on any atom is -0.170 e. The zero-order valence-corrected chi connectivity index (χ0v) is 6.40. The van der Waals surface area contributed by atoms with Crippen LogP contribution >= 0.6 is 0 Å². The molecule has 0 aliphatic carbocycles. The van der Waals surface area contributed by atoms with Crippen LogP contribution in [0, 0.1) is 0 Å². The Bertz CT molecular complexity index is 65.0. The van der Waals surface area contributed by atoms with E-state index >= 15 is 0 Å². The van der Waals surface area contributed by atoms with Crippen molar-refractivity contribution in [3.05, 3.63) is 0 Å². The molecule has 0 amide bonds. The number of unbranched alkanes of at least 4 members (excludes halogenated alkanes) is 1. The second-order valence-electron chi connectivity index (χ2n) is 2.90. The largest absolute Gasteiger partial charge is 0.170 e. The number of hydrogen-bond donors (Lipinski definition) is 0. The highest BCUT2D eigenvalue weighted by Gasteiger charge is 2.19. The van der Waals surface area contributed by atoms with Crippen LogP contribution in [0.2, 0.25) is 0 Å². The van der Waals surface area contributed by atoms with E-state index < -0.39 is 0 Å². The van der Waals surface area contributed by atoms with Crippen LogP contribution in [0.5, 0.6) is 0 Å². The van der Waals surface area contributed by atoms with E-state index in [2.05, 4.69) is 11.8 Å². The van der Waals surface area contributed by atoms with Crippen molar-refractivity contribution in [2.45, 2.75) is 32.6 Å². The molecule has 0 aromatic carbocycles. The van der Waals surface area contributed by atoms with Crippen molar-refractivity contribution >= 4 is 0 Å². The standard InChI is InChI=1S/C8H17N/c1-2-3-6-9-7-4-5-8-9/h2-8H2,1H3/q+1. The average Bonchev–Trinajstić information content (AvgIpc) is 2.34. The molecule has 0 saturated carbocycles. The molecule has 1 nitrogen and oxygen atoms in total. The summed E-state index contributed by atoms with van der Waals surface area (Å²) in [6.07, 6.45) is 5.60. The number of rotatable bonds is 3. The summed E-state index contributed by atoms with van der Waals surface area (Å²) in [5.41, 5.74) is 0. The van der Waals surface area contributed by atoms with Gasteiger partial charge in [-0.3, -0.25) is 0 Å². The number of likely N-dealkylation sites (tertiary alicyclic amines) is 1. The molecule has 1 fully saturated rings. The van der Waals surface area contributed by atoms with E-state index in [0.29, 0.717) is 0 Å². The second kappa shape index (κ2) is 3.89. The van der Waals surface area contributed by atoms with Gasteiger partial charge in [0.15, 0.2) is 0 Å². The van der Waals surface area contributed by atoms with Crippen molar-refractivity contribution in [3.63, 3.8) is 0 Å². The molecule has 9 heavy (non-hydrogen) atoms. The summed E-state index contributed by atoms with van der Waals surface area (Å²) in [5.74, 6) is 0. The van der Waals surface area contributed by atoms with Gasteiger partial charge in [0.2, 0.25) is 0 Å². The summed E-state index contributed by atoms with van der Waals surface area (Å²) in [4.78, 5) is 2.57. The van der Waals surface area contributed by atoms with Crippen LogP contribution in [0.3, 0.4) is 0 Å². The van der Waals surface area contributed by atoms with Gasteiger partial charge in [-0.25, -0.2) is 0 Å². The van der Waals surface area contributed by atoms with E-state index in [4.69, 9.17) is 0 Å². The Morgan fingerprint density at radius 1 is 1.22 bits per heavy atom. The SMILES string of the molecule is CCCC[N+]1CCCC1. The maximum atomic E-state index is 2.57. The first-order valence-electron chi connectivity index (χ1n) is 4.16. The van der Waals surface area contributed by atoms with Crippen molar-refractivity contribution in [3.8, 4) is 0 Å². The van der Waals surface area contributed by atoms with Crippen LogP contribution in [-0.2, 0) is 0 Å². The van der Waals surface area contributed by atoms with Gasteiger partial charge < -0.3 is 0 Å². The van der Waals surface area contributed by atoms with Gasteiger partial charge in [-0.2, -0.15) is 4.90 Å². The van der Waals surface area contributed by atoms with Gasteiger partial charge in [0.1, 0.15) is 19.6 Å². The van der Waals surface area contributed by atoms with E-state index in [0.717, 1.165) is 0 Å². The fraction of sp³-hybridized carbons (Fsp3) is 1.00. The van der Waals surface area contributed by atoms with Crippen LogP contribution < -0.4 is 4.90 Å². The molecule has 1 radical (unpaired) electrons. The minimum atomic E-state index is 1.34. The van der Waals surface area contributed by atoms with E-state index in [1.165, 1.54) is 45.3 Å². The third kappa shape index (κ3) is 2.35. The van der Waals surface area contributed by atoms with E-state index in [1.54, 1.807) is 0 Å². The lowest BCUT2D eigenvalue weighted by Crippen LogP contribution is -2.26. The van der Waals surface area contributed by atoms with Crippen molar-refractivity contribution in [2.24, 2.45) is 0 Å². The smallest absolute Gasteiger partial charge is 0.123 e. The molecule has 1 rings (SSSR count). The van der Waals surface area contributed by atoms with Gasteiger partial charge >= 0.3 is 0 Å². The molecule has 0 atom stereocenters. The molecule has 0 N–H and O–H groups in total. The normalized spacial score (nSPS) is 21.0. The van der Waals surface area contributed by atoms with Crippen LogP contribution in [0.4, 0.5) is 0 Å². The first-order chi connectivity index (χ1) is 4.43.